The summed E-state index contributed by atoms with van der Waals surface area (Å²) < 4.78 is 0. The fourth-order valence-corrected chi connectivity index (χ4v) is 0.287. The molecule has 0 rings (SSSR count). The maximum absolute atomic E-state index is 7.76. The molecule has 2 nitrogen and oxygen atoms in total. The third kappa shape index (κ3) is 5.66. The van der Waals surface area contributed by atoms with Gasteiger partial charge in [0.1, 0.15) is 0 Å². The average Bonchev–Trinajstić information content (AvgIpc) is 1.69. The minimum absolute atomic E-state index is 0.393. The van der Waals surface area contributed by atoms with Gasteiger partial charge < -0.3 is 0 Å². The van der Waals surface area contributed by atoms with E-state index in [2.05, 4.69) is 4.84 Å². The van der Waals surface area contributed by atoms with E-state index in [4.69, 9.17) is 5.90 Å². The van der Waals surface area contributed by atoms with Crippen LogP contribution in [0.1, 0.15) is 13.3 Å². The summed E-state index contributed by atoms with van der Waals surface area (Å²) in [5.41, 5.74) is 0. The van der Waals surface area contributed by atoms with Crippen LogP contribution in [0.4, 0.5) is 0 Å². The first kappa shape index (κ1) is 6.66. The van der Waals surface area contributed by atoms with Crippen molar-refractivity contribution in [2.75, 3.05) is 6.61 Å². The predicted octanol–water partition coefficient (Wildman–Crippen LogP) is 0.953. The number of hydrogen-bond donors (Lipinski definition) is 0. The highest BCUT2D eigenvalue weighted by atomic mass is 16.6. The summed E-state index contributed by atoms with van der Waals surface area (Å²) in [7, 11) is 0. The Labute approximate surface area is 43.9 Å². The lowest BCUT2D eigenvalue weighted by molar-refractivity contribution is 0.123. The molecular weight excluding hydrogens is 90.1 g/mol. The highest BCUT2D eigenvalue weighted by molar-refractivity contribution is 4.75. The van der Waals surface area contributed by atoms with Crippen molar-refractivity contribution in [3.63, 3.8) is 0 Å². The van der Waals surface area contributed by atoms with E-state index in [1.807, 2.05) is 19.1 Å². The van der Waals surface area contributed by atoms with Crippen LogP contribution < -0.4 is 5.90 Å². The van der Waals surface area contributed by atoms with Gasteiger partial charge in [-0.1, -0.05) is 12.2 Å². The van der Waals surface area contributed by atoms with Crippen molar-refractivity contribution in [2.24, 2.45) is 0 Å². The van der Waals surface area contributed by atoms with Crippen LogP contribution in [0, 0.1) is 0 Å². The molecular formula is C5H9NO. The van der Waals surface area contributed by atoms with Crippen molar-refractivity contribution in [1.82, 2.24) is 5.90 Å². The number of rotatable bonds is 3. The fourth-order valence-electron chi connectivity index (χ4n) is 0.287. The Hall–Kier alpha value is -0.340. The first-order valence-electron chi connectivity index (χ1n) is 2.29. The van der Waals surface area contributed by atoms with Gasteiger partial charge in [-0.25, -0.2) is 0 Å². The zero-order valence-electron chi connectivity index (χ0n) is 4.42. The second-order valence-electron chi connectivity index (χ2n) is 1.19. The van der Waals surface area contributed by atoms with Crippen molar-refractivity contribution < 1.29 is 4.84 Å². The van der Waals surface area contributed by atoms with E-state index in [9.17, 15) is 0 Å². The Morgan fingerprint density at radius 2 is 2.43 bits per heavy atom. The topological polar surface area (TPSA) is 31.5 Å². The van der Waals surface area contributed by atoms with Crippen molar-refractivity contribution in [2.45, 2.75) is 13.3 Å². The van der Waals surface area contributed by atoms with Crippen molar-refractivity contribution in [1.29, 1.82) is 0 Å². The zero-order valence-corrected chi connectivity index (χ0v) is 4.42. The largest absolute Gasteiger partial charge is 0.263 e. The van der Waals surface area contributed by atoms with E-state index in [1.54, 1.807) is 0 Å². The van der Waals surface area contributed by atoms with Crippen LogP contribution in [-0.2, 0) is 4.84 Å². The van der Waals surface area contributed by atoms with E-state index in [-0.39, 0.29) is 0 Å². The Bertz CT molecular complexity index is 52.0. The Balaban J connectivity index is 2.69. The normalized spacial score (nSPS) is 10.6. The summed E-state index contributed by atoms with van der Waals surface area (Å²) in [5.74, 6) is 7.76. The quantitative estimate of drug-likeness (QED) is 0.294. The molecule has 0 saturated heterocycles. The molecule has 0 amide bonds. The van der Waals surface area contributed by atoms with Gasteiger partial charge in [-0.15, -0.1) is 0 Å². The summed E-state index contributed by atoms with van der Waals surface area (Å²) in [6.45, 7) is 2.32. The molecule has 0 fully saturated rings. The van der Waals surface area contributed by atoms with E-state index in [1.165, 1.54) is 0 Å². The van der Waals surface area contributed by atoms with Crippen LogP contribution in [-0.4, -0.2) is 6.61 Å². The minimum Gasteiger partial charge on any atom is -0.263 e. The van der Waals surface area contributed by atoms with Gasteiger partial charge in [-0.3, -0.25) is 4.84 Å². The molecule has 0 aromatic carbocycles. The lowest BCUT2D eigenvalue weighted by atomic mass is 10.4. The molecule has 0 aliphatic rings. The van der Waals surface area contributed by atoms with Gasteiger partial charge in [0.15, 0.2) is 0 Å². The first-order valence-corrected chi connectivity index (χ1v) is 2.29. The Morgan fingerprint density at radius 3 is 2.86 bits per heavy atom. The zero-order chi connectivity index (χ0) is 5.54. The molecule has 2 radical (unpaired) electrons. The van der Waals surface area contributed by atoms with E-state index in [0.717, 1.165) is 6.42 Å². The van der Waals surface area contributed by atoms with Gasteiger partial charge in [-0.2, -0.15) is 0 Å². The molecule has 0 heterocycles. The summed E-state index contributed by atoms with van der Waals surface area (Å²) in [6.07, 6.45) is 4.63. The smallest absolute Gasteiger partial charge is 0.0754 e. The van der Waals surface area contributed by atoms with Gasteiger partial charge in [-0.05, 0) is 13.3 Å². The lowest BCUT2D eigenvalue weighted by Gasteiger charge is -1.83. The van der Waals surface area contributed by atoms with Crippen LogP contribution in [0.2, 0.25) is 0 Å². The van der Waals surface area contributed by atoms with Crippen molar-refractivity contribution in [3.05, 3.63) is 12.2 Å². The van der Waals surface area contributed by atoms with Gasteiger partial charge in [0, 0.05) is 5.90 Å². The molecule has 2 heteroatoms. The third-order valence-electron chi connectivity index (χ3n) is 0.612. The maximum Gasteiger partial charge on any atom is 0.0754 e. The summed E-state index contributed by atoms with van der Waals surface area (Å²) >= 11 is 0. The van der Waals surface area contributed by atoms with E-state index < -0.39 is 0 Å². The van der Waals surface area contributed by atoms with Crippen LogP contribution in [0.15, 0.2) is 12.2 Å². The highest BCUT2D eigenvalue weighted by Gasteiger charge is 1.74. The molecule has 0 N–H and O–H groups in total. The number of hydrogen-bond acceptors (Lipinski definition) is 1. The summed E-state index contributed by atoms with van der Waals surface area (Å²) in [6, 6.07) is 0. The molecule has 0 spiro atoms. The third-order valence-corrected chi connectivity index (χ3v) is 0.612. The second-order valence-corrected chi connectivity index (χ2v) is 1.19. The molecule has 7 heavy (non-hydrogen) atoms. The standard InChI is InChI=1S/C5H9NO/c1-2-3-4-5-7-6/h2-3H,4-5H2,1H3/b3-2+. The molecule has 0 aliphatic heterocycles. The van der Waals surface area contributed by atoms with Crippen LogP contribution in [0.5, 0.6) is 0 Å². The van der Waals surface area contributed by atoms with Gasteiger partial charge in [0.25, 0.3) is 0 Å². The van der Waals surface area contributed by atoms with E-state index in [0.29, 0.717) is 6.61 Å². The molecule has 0 atom stereocenters. The molecule has 0 bridgehead atoms. The maximum atomic E-state index is 7.76. The average molecular weight is 99.1 g/mol. The van der Waals surface area contributed by atoms with Crippen LogP contribution >= 0.6 is 0 Å². The molecule has 40 valence electrons. The highest BCUT2D eigenvalue weighted by Crippen LogP contribution is 1.79. The van der Waals surface area contributed by atoms with Gasteiger partial charge >= 0.3 is 0 Å². The van der Waals surface area contributed by atoms with Crippen LogP contribution in [0.3, 0.4) is 0 Å². The lowest BCUT2D eigenvalue weighted by Crippen LogP contribution is -1.86. The first-order chi connectivity index (χ1) is 3.41. The molecule has 0 unspecified atom stereocenters. The van der Waals surface area contributed by atoms with Gasteiger partial charge in [0.2, 0.25) is 0 Å². The monoisotopic (exact) mass is 99.1 g/mol. The SMILES string of the molecule is C/C=C/CCO[N]. The van der Waals surface area contributed by atoms with E-state index >= 15 is 0 Å². The summed E-state index contributed by atoms with van der Waals surface area (Å²) in [4.78, 5) is 3.79. The molecule has 0 aliphatic carbocycles. The molecule has 0 aromatic heterocycles. The van der Waals surface area contributed by atoms with Crippen molar-refractivity contribution >= 4 is 0 Å². The Kier molecular flexibility index (Phi) is 5.39. The minimum atomic E-state index is 0.393. The Morgan fingerprint density at radius 1 is 1.71 bits per heavy atom. The fraction of sp³-hybridized carbons (Fsp3) is 0.600. The number of allylic oxidation sites excluding steroid dienone is 1. The van der Waals surface area contributed by atoms with Crippen molar-refractivity contribution in [3.8, 4) is 0 Å². The summed E-state index contributed by atoms with van der Waals surface area (Å²) in [5, 5.41) is 0. The van der Waals surface area contributed by atoms with Crippen LogP contribution in [0.25, 0.3) is 0 Å². The molecule has 0 aromatic rings. The second kappa shape index (κ2) is 5.66. The number of nitrogens with zero attached hydrogens (tertiary/aromatic N) is 1. The predicted molar refractivity (Wildman–Crippen MR) is 27.5 cm³/mol. The molecule has 0 saturated carbocycles. The van der Waals surface area contributed by atoms with Gasteiger partial charge in [0.05, 0.1) is 6.61 Å².